The van der Waals surface area contributed by atoms with Gasteiger partial charge < -0.3 is 5.73 Å². The number of nitrogens with two attached hydrogens (primary N) is 1. The van der Waals surface area contributed by atoms with Gasteiger partial charge in [-0.2, -0.15) is 0 Å². The van der Waals surface area contributed by atoms with Crippen LogP contribution in [0.2, 0.25) is 0 Å². The van der Waals surface area contributed by atoms with Gasteiger partial charge in [0.1, 0.15) is 5.82 Å². The van der Waals surface area contributed by atoms with E-state index in [2.05, 4.69) is 15.9 Å². The first kappa shape index (κ1) is 11.7. The van der Waals surface area contributed by atoms with Crippen LogP contribution in [0, 0.1) is 11.2 Å². The third-order valence-corrected chi connectivity index (χ3v) is 2.72. The van der Waals surface area contributed by atoms with Gasteiger partial charge in [0.2, 0.25) is 0 Å². The minimum Gasteiger partial charge on any atom is -0.330 e. The van der Waals surface area contributed by atoms with Crippen LogP contribution in [0.3, 0.4) is 0 Å². The second kappa shape index (κ2) is 4.41. The van der Waals surface area contributed by atoms with Crippen molar-refractivity contribution in [3.05, 3.63) is 34.1 Å². The van der Waals surface area contributed by atoms with Gasteiger partial charge in [0.25, 0.3) is 0 Å². The van der Waals surface area contributed by atoms with Crippen molar-refractivity contribution in [1.82, 2.24) is 0 Å². The Morgan fingerprint density at radius 3 is 2.64 bits per heavy atom. The van der Waals surface area contributed by atoms with Crippen LogP contribution in [-0.4, -0.2) is 6.54 Å². The normalized spacial score (nSPS) is 11.8. The number of hydrogen-bond donors (Lipinski definition) is 1. The predicted molar refractivity (Wildman–Crippen MR) is 60.6 cm³/mol. The molecule has 0 spiro atoms. The Labute approximate surface area is 92.6 Å². The van der Waals surface area contributed by atoms with Crippen molar-refractivity contribution < 1.29 is 4.39 Å². The van der Waals surface area contributed by atoms with Gasteiger partial charge in [-0.1, -0.05) is 29.8 Å². The van der Waals surface area contributed by atoms with E-state index in [1.54, 1.807) is 6.07 Å². The van der Waals surface area contributed by atoms with Crippen molar-refractivity contribution in [1.29, 1.82) is 0 Å². The molecule has 0 saturated carbocycles. The van der Waals surface area contributed by atoms with Gasteiger partial charge in [-0.05, 0) is 42.1 Å². The third-order valence-electron chi connectivity index (χ3n) is 2.23. The van der Waals surface area contributed by atoms with Gasteiger partial charge in [-0.3, -0.25) is 0 Å². The molecule has 3 heteroatoms. The second-order valence-electron chi connectivity index (χ2n) is 4.28. The van der Waals surface area contributed by atoms with E-state index in [1.165, 1.54) is 6.07 Å². The molecule has 0 radical (unpaired) electrons. The molecule has 0 aliphatic heterocycles. The molecule has 0 aliphatic carbocycles. The Morgan fingerprint density at radius 2 is 2.07 bits per heavy atom. The average Bonchev–Trinajstić information content (AvgIpc) is 2.11. The molecule has 1 rings (SSSR count). The predicted octanol–water partition coefficient (Wildman–Crippen LogP) is 3.12. The number of halogens is 2. The molecule has 0 bridgehead atoms. The number of rotatable bonds is 3. The molecule has 2 N–H and O–H groups in total. The summed E-state index contributed by atoms with van der Waals surface area (Å²) in [6.45, 7) is 4.62. The van der Waals surface area contributed by atoms with Gasteiger partial charge in [-0.15, -0.1) is 0 Å². The van der Waals surface area contributed by atoms with Crippen LogP contribution in [0.1, 0.15) is 19.4 Å². The molecular formula is C11H15BrFN. The van der Waals surface area contributed by atoms with E-state index in [0.29, 0.717) is 13.0 Å². The number of benzene rings is 1. The maximum absolute atomic E-state index is 13.4. The summed E-state index contributed by atoms with van der Waals surface area (Å²) in [5.74, 6) is -0.158. The monoisotopic (exact) mass is 259 g/mol. The highest BCUT2D eigenvalue weighted by atomic mass is 79.9. The summed E-state index contributed by atoms with van der Waals surface area (Å²) < 4.78 is 14.3. The first-order chi connectivity index (χ1) is 6.44. The van der Waals surface area contributed by atoms with Gasteiger partial charge in [0.05, 0.1) is 0 Å². The van der Waals surface area contributed by atoms with E-state index in [-0.39, 0.29) is 11.2 Å². The van der Waals surface area contributed by atoms with Crippen LogP contribution in [0.4, 0.5) is 4.39 Å². The topological polar surface area (TPSA) is 26.0 Å². The SMILES string of the molecule is CC(C)(CN)Cc1cc(Br)ccc1F. The highest BCUT2D eigenvalue weighted by Gasteiger charge is 2.18. The molecule has 1 nitrogen and oxygen atoms in total. The Hall–Kier alpha value is -0.410. The highest BCUT2D eigenvalue weighted by Crippen LogP contribution is 2.24. The molecule has 14 heavy (non-hydrogen) atoms. The fourth-order valence-electron chi connectivity index (χ4n) is 1.27. The van der Waals surface area contributed by atoms with Gasteiger partial charge in [0, 0.05) is 4.47 Å². The molecule has 1 aromatic carbocycles. The first-order valence-corrected chi connectivity index (χ1v) is 5.38. The maximum Gasteiger partial charge on any atom is 0.126 e. The first-order valence-electron chi connectivity index (χ1n) is 4.58. The third kappa shape index (κ3) is 3.07. The van der Waals surface area contributed by atoms with Gasteiger partial charge >= 0.3 is 0 Å². The van der Waals surface area contributed by atoms with Crippen LogP contribution in [0.5, 0.6) is 0 Å². The summed E-state index contributed by atoms with van der Waals surface area (Å²) >= 11 is 3.33. The Balaban J connectivity index is 2.91. The summed E-state index contributed by atoms with van der Waals surface area (Å²) in [5.41, 5.74) is 6.27. The molecule has 0 amide bonds. The van der Waals surface area contributed by atoms with Crippen LogP contribution in [0.25, 0.3) is 0 Å². The fourth-order valence-corrected chi connectivity index (χ4v) is 1.68. The largest absolute Gasteiger partial charge is 0.330 e. The smallest absolute Gasteiger partial charge is 0.126 e. The Kier molecular flexibility index (Phi) is 3.67. The minimum absolute atomic E-state index is 0.0539. The van der Waals surface area contributed by atoms with E-state index in [4.69, 9.17) is 5.73 Å². The second-order valence-corrected chi connectivity index (χ2v) is 5.20. The van der Waals surface area contributed by atoms with Crippen molar-refractivity contribution in [2.24, 2.45) is 11.1 Å². The Bertz CT molecular complexity index is 323. The zero-order valence-electron chi connectivity index (χ0n) is 8.48. The van der Waals surface area contributed by atoms with Crippen molar-refractivity contribution in [3.8, 4) is 0 Å². The summed E-state index contributed by atoms with van der Waals surface area (Å²) in [6, 6.07) is 4.99. The zero-order valence-corrected chi connectivity index (χ0v) is 10.1. The van der Waals surface area contributed by atoms with Gasteiger partial charge in [-0.25, -0.2) is 4.39 Å². The summed E-state index contributed by atoms with van der Waals surface area (Å²) in [4.78, 5) is 0. The lowest BCUT2D eigenvalue weighted by atomic mass is 9.86. The van der Waals surface area contributed by atoms with E-state index in [1.807, 2.05) is 19.9 Å². The van der Waals surface area contributed by atoms with E-state index < -0.39 is 0 Å². The molecule has 0 heterocycles. The lowest BCUT2D eigenvalue weighted by molar-refractivity contribution is 0.370. The molecule has 78 valence electrons. The molecule has 0 aliphatic rings. The Morgan fingerprint density at radius 1 is 1.43 bits per heavy atom. The molecule has 0 saturated heterocycles. The molecular weight excluding hydrogens is 245 g/mol. The molecule has 0 aromatic heterocycles. The molecule has 0 unspecified atom stereocenters. The maximum atomic E-state index is 13.4. The molecule has 1 aromatic rings. The lowest BCUT2D eigenvalue weighted by Gasteiger charge is -2.22. The van der Waals surface area contributed by atoms with Crippen molar-refractivity contribution in [2.45, 2.75) is 20.3 Å². The van der Waals surface area contributed by atoms with Crippen molar-refractivity contribution >= 4 is 15.9 Å². The van der Waals surface area contributed by atoms with Crippen molar-refractivity contribution in [2.75, 3.05) is 6.54 Å². The van der Waals surface area contributed by atoms with Gasteiger partial charge in [0.15, 0.2) is 0 Å². The van der Waals surface area contributed by atoms with E-state index >= 15 is 0 Å². The van der Waals surface area contributed by atoms with E-state index in [9.17, 15) is 4.39 Å². The quantitative estimate of drug-likeness (QED) is 0.887. The standard InChI is InChI=1S/C11H15BrFN/c1-11(2,7-14)6-8-5-9(12)3-4-10(8)13/h3-5H,6-7,14H2,1-2H3. The summed E-state index contributed by atoms with van der Waals surface area (Å²) in [7, 11) is 0. The molecule has 0 atom stereocenters. The lowest BCUT2D eigenvalue weighted by Crippen LogP contribution is -2.26. The van der Waals surface area contributed by atoms with Crippen LogP contribution < -0.4 is 5.73 Å². The number of hydrogen-bond acceptors (Lipinski definition) is 1. The van der Waals surface area contributed by atoms with Crippen LogP contribution in [-0.2, 0) is 6.42 Å². The average molecular weight is 260 g/mol. The summed E-state index contributed by atoms with van der Waals surface area (Å²) in [6.07, 6.45) is 0.661. The summed E-state index contributed by atoms with van der Waals surface area (Å²) in [5, 5.41) is 0. The van der Waals surface area contributed by atoms with E-state index in [0.717, 1.165) is 10.0 Å². The fraction of sp³-hybridized carbons (Fsp3) is 0.455. The van der Waals surface area contributed by atoms with Crippen LogP contribution in [0.15, 0.2) is 22.7 Å². The van der Waals surface area contributed by atoms with Crippen LogP contribution >= 0.6 is 15.9 Å². The molecule has 0 fully saturated rings. The van der Waals surface area contributed by atoms with Crippen molar-refractivity contribution in [3.63, 3.8) is 0 Å². The highest BCUT2D eigenvalue weighted by molar-refractivity contribution is 9.10. The minimum atomic E-state index is -0.158. The zero-order chi connectivity index (χ0) is 10.8.